The molecular formula is C24H28FN3O. The Balaban J connectivity index is 1.23. The molecule has 0 N–H and O–H groups in total. The van der Waals surface area contributed by atoms with Gasteiger partial charge in [0.05, 0.1) is 11.4 Å². The minimum atomic E-state index is -0.256. The Morgan fingerprint density at radius 3 is 2.76 bits per heavy atom. The second-order valence-corrected chi connectivity index (χ2v) is 8.68. The monoisotopic (exact) mass is 393 g/mol. The molecule has 4 nitrogen and oxygen atoms in total. The van der Waals surface area contributed by atoms with E-state index in [0.717, 1.165) is 44.7 Å². The van der Waals surface area contributed by atoms with Crippen LogP contribution >= 0.6 is 0 Å². The first-order chi connectivity index (χ1) is 14.1. The highest BCUT2D eigenvalue weighted by atomic mass is 19.1. The number of piperidine rings is 1. The van der Waals surface area contributed by atoms with E-state index in [1.807, 2.05) is 0 Å². The number of carbonyl (C=O) groups is 1. The van der Waals surface area contributed by atoms with Crippen LogP contribution in [0.1, 0.15) is 29.9 Å². The van der Waals surface area contributed by atoms with E-state index in [-0.39, 0.29) is 11.6 Å². The normalized spacial score (nSPS) is 23.1. The molecule has 0 saturated carbocycles. The summed E-state index contributed by atoms with van der Waals surface area (Å²) in [6, 6.07) is 13.6. The minimum absolute atomic E-state index is 0.231. The molecule has 29 heavy (non-hydrogen) atoms. The number of nitrogens with zero attached hydrogens (tertiary/aromatic N) is 3. The Morgan fingerprint density at radius 1 is 1.10 bits per heavy atom. The molecule has 2 aromatic rings. The Bertz CT molecular complexity index is 913. The second-order valence-electron chi connectivity index (χ2n) is 8.68. The number of Topliss-reactive ketones (excluding diaryl/α,β-unsaturated/α-hetero) is 1. The number of fused-ring (bicyclic) bond motifs is 3. The van der Waals surface area contributed by atoms with Crippen LogP contribution in [0.4, 0.5) is 15.8 Å². The summed E-state index contributed by atoms with van der Waals surface area (Å²) in [5.41, 5.74) is 5.20. The van der Waals surface area contributed by atoms with Gasteiger partial charge in [0, 0.05) is 64.6 Å². The lowest BCUT2D eigenvalue weighted by molar-refractivity contribution is -0.118. The molecule has 0 aromatic heterocycles. The molecular weight excluding hydrogens is 365 g/mol. The smallest absolute Gasteiger partial charge is 0.138 e. The maximum Gasteiger partial charge on any atom is 0.138 e. The molecule has 0 aliphatic carbocycles. The molecule has 5 heteroatoms. The topological polar surface area (TPSA) is 26.8 Å². The molecule has 0 bridgehead atoms. The van der Waals surface area contributed by atoms with Gasteiger partial charge in [-0.25, -0.2) is 4.39 Å². The summed E-state index contributed by atoms with van der Waals surface area (Å²) in [5, 5.41) is 0. The van der Waals surface area contributed by atoms with Gasteiger partial charge >= 0.3 is 0 Å². The van der Waals surface area contributed by atoms with Crippen molar-refractivity contribution in [3.8, 4) is 0 Å². The number of halogens is 1. The molecule has 2 atom stereocenters. The molecule has 0 unspecified atom stereocenters. The van der Waals surface area contributed by atoms with Gasteiger partial charge in [0.2, 0.25) is 0 Å². The Labute approximate surface area is 171 Å². The standard InChI is InChI=1S/C24H28FN3O/c1-26-13-14-28-22-10-12-27(16-21(22)20-3-2-4-23(26)24(20)28)11-9-19(29)15-17-5-7-18(25)8-6-17/h2-8,21-22H,9-16H2,1H3/t21-,22-/m0/s1. The van der Waals surface area contributed by atoms with Gasteiger partial charge in [-0.15, -0.1) is 0 Å². The zero-order valence-electron chi connectivity index (χ0n) is 17.0. The zero-order chi connectivity index (χ0) is 20.0. The first-order valence-electron chi connectivity index (χ1n) is 10.7. The van der Waals surface area contributed by atoms with Gasteiger partial charge in [-0.3, -0.25) is 4.79 Å². The zero-order valence-corrected chi connectivity index (χ0v) is 17.0. The summed E-state index contributed by atoms with van der Waals surface area (Å²) in [6.45, 7) is 5.10. The van der Waals surface area contributed by atoms with Crippen molar-refractivity contribution in [2.75, 3.05) is 49.6 Å². The van der Waals surface area contributed by atoms with Crippen molar-refractivity contribution >= 4 is 17.2 Å². The minimum Gasteiger partial charge on any atom is -0.371 e. The van der Waals surface area contributed by atoms with E-state index in [9.17, 15) is 9.18 Å². The maximum atomic E-state index is 13.0. The van der Waals surface area contributed by atoms with E-state index in [1.165, 1.54) is 29.1 Å². The number of rotatable bonds is 5. The van der Waals surface area contributed by atoms with Gasteiger partial charge in [0.15, 0.2) is 0 Å². The fourth-order valence-electron chi connectivity index (χ4n) is 5.38. The summed E-state index contributed by atoms with van der Waals surface area (Å²) in [4.78, 5) is 19.9. The van der Waals surface area contributed by atoms with Gasteiger partial charge in [-0.1, -0.05) is 24.3 Å². The number of likely N-dealkylation sites (tertiary alicyclic amines) is 1. The van der Waals surface area contributed by atoms with Crippen LogP contribution in [0.2, 0.25) is 0 Å². The molecule has 3 aliphatic rings. The number of ketones is 1. The molecule has 0 radical (unpaired) electrons. The third kappa shape index (κ3) is 3.42. The number of likely N-dealkylation sites (N-methyl/N-ethyl adjacent to an activating group) is 1. The Hall–Kier alpha value is -2.40. The van der Waals surface area contributed by atoms with Crippen molar-refractivity contribution in [2.45, 2.75) is 31.2 Å². The third-order valence-corrected chi connectivity index (χ3v) is 6.90. The van der Waals surface area contributed by atoms with Crippen LogP contribution in [0.5, 0.6) is 0 Å². The molecule has 3 heterocycles. The molecule has 3 aliphatic heterocycles. The lowest BCUT2D eigenvalue weighted by Gasteiger charge is -2.41. The molecule has 2 aromatic carbocycles. The van der Waals surface area contributed by atoms with Gasteiger partial charge < -0.3 is 14.7 Å². The summed E-state index contributed by atoms with van der Waals surface area (Å²) in [7, 11) is 2.19. The predicted octanol–water partition coefficient (Wildman–Crippen LogP) is 3.46. The van der Waals surface area contributed by atoms with Crippen molar-refractivity contribution < 1.29 is 9.18 Å². The van der Waals surface area contributed by atoms with Crippen LogP contribution < -0.4 is 9.80 Å². The van der Waals surface area contributed by atoms with Gasteiger partial charge in [-0.2, -0.15) is 0 Å². The number of hydrogen-bond acceptors (Lipinski definition) is 4. The van der Waals surface area contributed by atoms with Crippen LogP contribution in [0.25, 0.3) is 0 Å². The van der Waals surface area contributed by atoms with Crippen molar-refractivity contribution in [2.24, 2.45) is 0 Å². The summed E-state index contributed by atoms with van der Waals surface area (Å²) in [5.74, 6) is 0.514. The van der Waals surface area contributed by atoms with E-state index < -0.39 is 0 Å². The average Bonchev–Trinajstić information content (AvgIpc) is 3.05. The predicted molar refractivity (Wildman–Crippen MR) is 114 cm³/mol. The Morgan fingerprint density at radius 2 is 1.93 bits per heavy atom. The quantitative estimate of drug-likeness (QED) is 0.777. The highest BCUT2D eigenvalue weighted by molar-refractivity contribution is 5.81. The number of hydrogen-bond donors (Lipinski definition) is 0. The van der Waals surface area contributed by atoms with Crippen molar-refractivity contribution in [3.05, 3.63) is 59.4 Å². The third-order valence-electron chi connectivity index (χ3n) is 6.90. The number of carbonyl (C=O) groups excluding carboxylic acids is 1. The Kier molecular flexibility index (Phi) is 4.78. The highest BCUT2D eigenvalue weighted by Crippen LogP contribution is 2.50. The van der Waals surface area contributed by atoms with Crippen LogP contribution in [0.3, 0.4) is 0 Å². The van der Waals surface area contributed by atoms with E-state index in [2.05, 4.69) is 39.9 Å². The van der Waals surface area contributed by atoms with Crippen molar-refractivity contribution in [1.29, 1.82) is 0 Å². The van der Waals surface area contributed by atoms with Crippen LogP contribution in [0, 0.1) is 5.82 Å². The molecule has 0 spiro atoms. The number of benzene rings is 2. The fourth-order valence-corrected chi connectivity index (χ4v) is 5.38. The number of anilines is 2. The first-order valence-corrected chi connectivity index (χ1v) is 10.7. The van der Waals surface area contributed by atoms with Gasteiger partial charge in [0.25, 0.3) is 0 Å². The van der Waals surface area contributed by atoms with E-state index >= 15 is 0 Å². The molecule has 5 rings (SSSR count). The van der Waals surface area contributed by atoms with E-state index in [1.54, 1.807) is 12.1 Å². The largest absolute Gasteiger partial charge is 0.371 e. The van der Waals surface area contributed by atoms with Crippen LogP contribution in [-0.2, 0) is 11.2 Å². The number of para-hydroxylation sites is 1. The lowest BCUT2D eigenvalue weighted by atomic mass is 9.89. The first kappa shape index (κ1) is 18.6. The van der Waals surface area contributed by atoms with Crippen molar-refractivity contribution in [3.63, 3.8) is 0 Å². The van der Waals surface area contributed by atoms with Crippen molar-refractivity contribution in [1.82, 2.24) is 4.90 Å². The van der Waals surface area contributed by atoms with Gasteiger partial charge in [-0.05, 0) is 35.7 Å². The summed E-state index contributed by atoms with van der Waals surface area (Å²) in [6.07, 6.45) is 2.12. The van der Waals surface area contributed by atoms with Crippen LogP contribution in [-0.4, -0.2) is 56.5 Å². The average molecular weight is 394 g/mol. The SMILES string of the molecule is CN1CCN2c3c(cccc31)[C@@H]1CN(CCC(=O)Cc3ccc(F)cc3)CC[C@@H]12. The molecule has 1 saturated heterocycles. The van der Waals surface area contributed by atoms with Gasteiger partial charge in [0.1, 0.15) is 11.6 Å². The molecule has 1 fully saturated rings. The second kappa shape index (κ2) is 7.45. The van der Waals surface area contributed by atoms with E-state index in [4.69, 9.17) is 0 Å². The maximum absolute atomic E-state index is 13.0. The fraction of sp³-hybridized carbons (Fsp3) is 0.458. The summed E-state index contributed by atoms with van der Waals surface area (Å²) < 4.78 is 13.0. The van der Waals surface area contributed by atoms with E-state index in [0.29, 0.717) is 24.8 Å². The molecule has 0 amide bonds. The lowest BCUT2D eigenvalue weighted by Crippen LogP contribution is -2.49. The highest BCUT2D eigenvalue weighted by Gasteiger charge is 2.44. The molecule has 152 valence electrons. The van der Waals surface area contributed by atoms with Crippen LogP contribution in [0.15, 0.2) is 42.5 Å². The summed E-state index contributed by atoms with van der Waals surface area (Å²) >= 11 is 0.